The third-order valence-corrected chi connectivity index (χ3v) is 3.89. The van der Waals surface area contributed by atoms with E-state index in [1.54, 1.807) is 0 Å². The molecule has 4 heteroatoms. The number of aliphatic hydroxyl groups excluding tert-OH is 1. The minimum atomic E-state index is -0.259. The van der Waals surface area contributed by atoms with E-state index in [9.17, 15) is 9.90 Å². The predicted octanol–water partition coefficient (Wildman–Crippen LogP) is 0.927. The molecular weight excluding hydrogens is 206 g/mol. The molecule has 16 heavy (non-hydrogen) atoms. The smallest absolute Gasteiger partial charge is 0.323 e. The van der Waals surface area contributed by atoms with Crippen molar-refractivity contribution in [2.75, 3.05) is 13.7 Å². The van der Waals surface area contributed by atoms with Gasteiger partial charge in [-0.25, -0.2) is 0 Å². The number of ether oxygens (including phenoxy) is 1. The topological polar surface area (TPSA) is 49.8 Å². The first-order valence-electron chi connectivity index (χ1n) is 6.25. The fourth-order valence-electron chi connectivity index (χ4n) is 3.05. The van der Waals surface area contributed by atoms with Crippen LogP contribution in [0.4, 0.5) is 0 Å². The van der Waals surface area contributed by atoms with E-state index in [1.807, 2.05) is 0 Å². The fourth-order valence-corrected chi connectivity index (χ4v) is 3.05. The van der Waals surface area contributed by atoms with Crippen LogP contribution in [0, 0.1) is 0 Å². The lowest BCUT2D eigenvalue weighted by Crippen LogP contribution is -2.52. The van der Waals surface area contributed by atoms with Crippen molar-refractivity contribution in [3.05, 3.63) is 0 Å². The van der Waals surface area contributed by atoms with E-state index in [0.29, 0.717) is 0 Å². The van der Waals surface area contributed by atoms with Gasteiger partial charge in [-0.1, -0.05) is 6.42 Å². The molecule has 1 heterocycles. The summed E-state index contributed by atoms with van der Waals surface area (Å²) < 4.78 is 4.85. The SMILES string of the molecule is COC(=O)[C@H]1CCCCN1C1CCCC1O. The average Bonchev–Trinajstić information content (AvgIpc) is 2.74. The third-order valence-electron chi connectivity index (χ3n) is 3.89. The van der Waals surface area contributed by atoms with Crippen LogP contribution in [-0.2, 0) is 9.53 Å². The molecule has 0 aromatic carbocycles. The summed E-state index contributed by atoms with van der Waals surface area (Å²) in [6.07, 6.45) is 5.76. The van der Waals surface area contributed by atoms with Crippen LogP contribution in [0.5, 0.6) is 0 Å². The number of hydrogen-bond donors (Lipinski definition) is 1. The number of piperidine rings is 1. The highest BCUT2D eigenvalue weighted by Gasteiger charge is 2.39. The van der Waals surface area contributed by atoms with Crippen LogP contribution in [0.15, 0.2) is 0 Å². The summed E-state index contributed by atoms with van der Waals surface area (Å²) in [4.78, 5) is 13.9. The molecule has 1 aliphatic carbocycles. The second kappa shape index (κ2) is 5.15. The van der Waals surface area contributed by atoms with Crippen LogP contribution < -0.4 is 0 Å². The molecule has 1 N–H and O–H groups in total. The van der Waals surface area contributed by atoms with Gasteiger partial charge in [-0.15, -0.1) is 0 Å². The number of nitrogens with zero attached hydrogens (tertiary/aromatic N) is 1. The lowest BCUT2D eigenvalue weighted by atomic mass is 9.98. The zero-order valence-corrected chi connectivity index (χ0v) is 9.89. The number of rotatable bonds is 2. The summed E-state index contributed by atoms with van der Waals surface area (Å²) in [6.45, 7) is 0.918. The Bertz CT molecular complexity index is 257. The maximum atomic E-state index is 11.7. The lowest BCUT2D eigenvalue weighted by molar-refractivity contribution is -0.150. The van der Waals surface area contributed by atoms with Crippen molar-refractivity contribution < 1.29 is 14.6 Å². The molecule has 0 spiro atoms. The number of likely N-dealkylation sites (tertiary alicyclic amines) is 1. The van der Waals surface area contributed by atoms with Gasteiger partial charge >= 0.3 is 5.97 Å². The molecule has 3 atom stereocenters. The average molecular weight is 227 g/mol. The first-order valence-corrected chi connectivity index (χ1v) is 6.25. The second-order valence-electron chi connectivity index (χ2n) is 4.84. The molecule has 2 rings (SSSR count). The van der Waals surface area contributed by atoms with Gasteiger partial charge in [0, 0.05) is 6.04 Å². The minimum absolute atomic E-state index is 0.128. The Balaban J connectivity index is 2.06. The highest BCUT2D eigenvalue weighted by Crippen LogP contribution is 2.30. The van der Waals surface area contributed by atoms with Crippen molar-refractivity contribution in [1.29, 1.82) is 0 Å². The van der Waals surface area contributed by atoms with Crippen LogP contribution >= 0.6 is 0 Å². The van der Waals surface area contributed by atoms with Gasteiger partial charge < -0.3 is 9.84 Å². The maximum Gasteiger partial charge on any atom is 0.323 e. The maximum absolute atomic E-state index is 11.7. The van der Waals surface area contributed by atoms with Crippen LogP contribution in [0.25, 0.3) is 0 Å². The molecule has 92 valence electrons. The number of carbonyl (C=O) groups excluding carboxylic acids is 1. The molecule has 2 aliphatic rings. The van der Waals surface area contributed by atoms with Gasteiger partial charge in [0.1, 0.15) is 6.04 Å². The van der Waals surface area contributed by atoms with Gasteiger partial charge in [-0.2, -0.15) is 0 Å². The molecular formula is C12H21NO3. The van der Waals surface area contributed by atoms with Crippen molar-refractivity contribution in [3.8, 4) is 0 Å². The number of methoxy groups -OCH3 is 1. The largest absolute Gasteiger partial charge is 0.468 e. The highest BCUT2D eigenvalue weighted by atomic mass is 16.5. The Kier molecular flexibility index (Phi) is 3.82. The molecule has 0 aromatic heterocycles. The van der Waals surface area contributed by atoms with Crippen molar-refractivity contribution >= 4 is 5.97 Å². The van der Waals surface area contributed by atoms with Gasteiger partial charge in [0.25, 0.3) is 0 Å². The Morgan fingerprint density at radius 1 is 1.25 bits per heavy atom. The molecule has 1 saturated carbocycles. The summed E-state index contributed by atoms with van der Waals surface area (Å²) in [7, 11) is 1.44. The quantitative estimate of drug-likeness (QED) is 0.713. The number of esters is 1. The molecule has 0 amide bonds. The van der Waals surface area contributed by atoms with Crippen molar-refractivity contribution in [1.82, 2.24) is 4.90 Å². The number of aliphatic hydroxyl groups is 1. The van der Waals surface area contributed by atoms with Gasteiger partial charge in [0.05, 0.1) is 13.2 Å². The Labute approximate surface area is 96.6 Å². The molecule has 2 unspecified atom stereocenters. The molecule has 2 fully saturated rings. The van der Waals surface area contributed by atoms with Crippen LogP contribution in [0.3, 0.4) is 0 Å². The van der Waals surface area contributed by atoms with E-state index in [4.69, 9.17) is 4.74 Å². The molecule has 1 saturated heterocycles. The molecule has 4 nitrogen and oxygen atoms in total. The number of carbonyl (C=O) groups is 1. The Morgan fingerprint density at radius 2 is 2.06 bits per heavy atom. The highest BCUT2D eigenvalue weighted by molar-refractivity contribution is 5.75. The summed E-state index contributed by atoms with van der Waals surface area (Å²) >= 11 is 0. The monoisotopic (exact) mass is 227 g/mol. The van der Waals surface area contributed by atoms with Crippen LogP contribution in [-0.4, -0.2) is 47.8 Å². The number of hydrogen-bond acceptors (Lipinski definition) is 4. The predicted molar refractivity (Wildman–Crippen MR) is 60.0 cm³/mol. The Hall–Kier alpha value is -0.610. The van der Waals surface area contributed by atoms with Crippen LogP contribution in [0.2, 0.25) is 0 Å². The zero-order valence-electron chi connectivity index (χ0n) is 9.89. The van der Waals surface area contributed by atoms with Crippen molar-refractivity contribution in [2.45, 2.75) is 56.7 Å². The van der Waals surface area contributed by atoms with Crippen LogP contribution in [0.1, 0.15) is 38.5 Å². The van der Waals surface area contributed by atoms with E-state index in [2.05, 4.69) is 4.90 Å². The van der Waals surface area contributed by atoms with Crippen molar-refractivity contribution in [2.24, 2.45) is 0 Å². The Morgan fingerprint density at radius 3 is 2.69 bits per heavy atom. The normalized spacial score (nSPS) is 36.2. The molecule has 0 bridgehead atoms. The summed E-state index contributed by atoms with van der Waals surface area (Å²) in [5.74, 6) is -0.140. The summed E-state index contributed by atoms with van der Waals surface area (Å²) in [6, 6.07) is 0.0425. The van der Waals surface area contributed by atoms with E-state index in [1.165, 1.54) is 7.11 Å². The van der Waals surface area contributed by atoms with Gasteiger partial charge in [-0.05, 0) is 38.6 Å². The lowest BCUT2D eigenvalue weighted by Gasteiger charge is -2.39. The van der Waals surface area contributed by atoms with E-state index < -0.39 is 0 Å². The summed E-state index contributed by atoms with van der Waals surface area (Å²) in [5, 5.41) is 9.92. The molecule has 0 aromatic rings. The first-order chi connectivity index (χ1) is 7.74. The molecule has 0 radical (unpaired) electrons. The first kappa shape index (κ1) is 11.9. The second-order valence-corrected chi connectivity index (χ2v) is 4.84. The standard InChI is InChI=1S/C12H21NO3/c1-16-12(15)10-5-2-3-8-13(10)9-6-4-7-11(9)14/h9-11,14H,2-8H2,1H3/t9?,10-,11?/m1/s1. The van der Waals surface area contributed by atoms with Crippen molar-refractivity contribution in [3.63, 3.8) is 0 Å². The minimum Gasteiger partial charge on any atom is -0.468 e. The third kappa shape index (κ3) is 2.23. The zero-order chi connectivity index (χ0) is 11.5. The fraction of sp³-hybridized carbons (Fsp3) is 0.917. The van der Waals surface area contributed by atoms with E-state index in [-0.39, 0.29) is 24.2 Å². The van der Waals surface area contributed by atoms with Gasteiger partial charge in [0.2, 0.25) is 0 Å². The van der Waals surface area contributed by atoms with E-state index >= 15 is 0 Å². The molecule has 1 aliphatic heterocycles. The van der Waals surface area contributed by atoms with Gasteiger partial charge in [0.15, 0.2) is 0 Å². The summed E-state index contributed by atoms with van der Waals surface area (Å²) in [5.41, 5.74) is 0. The van der Waals surface area contributed by atoms with E-state index in [0.717, 1.165) is 45.1 Å². The van der Waals surface area contributed by atoms with Gasteiger partial charge in [-0.3, -0.25) is 9.69 Å².